The van der Waals surface area contributed by atoms with E-state index in [1.54, 1.807) is 18.2 Å². The van der Waals surface area contributed by atoms with Crippen LogP contribution in [0.4, 0.5) is 4.79 Å². The van der Waals surface area contributed by atoms with E-state index in [0.29, 0.717) is 5.56 Å². The molecule has 1 heterocycles. The molecule has 158 valence electrons. The van der Waals surface area contributed by atoms with E-state index in [1.165, 1.54) is 6.07 Å². The summed E-state index contributed by atoms with van der Waals surface area (Å²) in [4.78, 5) is 23.2. The third-order valence-corrected chi connectivity index (χ3v) is 5.55. The van der Waals surface area contributed by atoms with E-state index in [-0.39, 0.29) is 18.7 Å². The van der Waals surface area contributed by atoms with Gasteiger partial charge >= 0.3 is 19.2 Å². The molecule has 3 rings (SSSR count). The van der Waals surface area contributed by atoms with Gasteiger partial charge in [0.15, 0.2) is 0 Å². The lowest BCUT2D eigenvalue weighted by atomic mass is 9.79. The molecule has 2 aromatic carbocycles. The Kier molecular flexibility index (Phi) is 6.19. The number of hydrogen-bond acceptors (Lipinski definition) is 5. The number of carbonyl (C=O) groups is 2. The van der Waals surface area contributed by atoms with Crippen molar-refractivity contribution >= 4 is 24.6 Å². The van der Waals surface area contributed by atoms with Crippen molar-refractivity contribution in [2.75, 3.05) is 0 Å². The van der Waals surface area contributed by atoms with Gasteiger partial charge in [-0.15, -0.1) is 0 Å². The fourth-order valence-corrected chi connectivity index (χ4v) is 3.00. The maximum Gasteiger partial charge on any atom is 0.494 e. The van der Waals surface area contributed by atoms with Gasteiger partial charge in [-0.25, -0.2) is 9.59 Å². The van der Waals surface area contributed by atoms with Crippen LogP contribution >= 0.6 is 0 Å². The van der Waals surface area contributed by atoms with E-state index < -0.39 is 30.4 Å². The van der Waals surface area contributed by atoms with Crippen molar-refractivity contribution in [3.8, 4) is 0 Å². The highest BCUT2D eigenvalue weighted by Gasteiger charge is 2.51. The number of carboxylic acid groups (broad SMARTS) is 1. The maximum absolute atomic E-state index is 12.0. The summed E-state index contributed by atoms with van der Waals surface area (Å²) in [5.74, 6) is -1.04. The van der Waals surface area contributed by atoms with E-state index in [1.807, 2.05) is 52.0 Å². The van der Waals surface area contributed by atoms with E-state index in [0.717, 1.165) is 11.0 Å². The zero-order chi connectivity index (χ0) is 21.9. The van der Waals surface area contributed by atoms with Gasteiger partial charge in [0.2, 0.25) is 0 Å². The molecule has 0 spiro atoms. The Balaban J connectivity index is 1.51. The average molecular weight is 411 g/mol. The molecule has 0 radical (unpaired) electrons. The minimum atomic E-state index is -1.04. The van der Waals surface area contributed by atoms with Crippen LogP contribution < -0.4 is 10.8 Å². The van der Waals surface area contributed by atoms with E-state index in [4.69, 9.17) is 14.0 Å². The summed E-state index contributed by atoms with van der Waals surface area (Å²) in [6, 6.07) is 14.0. The Bertz CT molecular complexity index is 909. The quantitative estimate of drug-likeness (QED) is 0.710. The molecule has 1 aliphatic rings. The lowest BCUT2D eigenvalue weighted by molar-refractivity contribution is 0.00578. The molecule has 1 aliphatic heterocycles. The molecule has 0 saturated carbocycles. The van der Waals surface area contributed by atoms with Crippen molar-refractivity contribution in [3.63, 3.8) is 0 Å². The smallest absolute Gasteiger partial charge is 0.478 e. The monoisotopic (exact) mass is 411 g/mol. The first-order chi connectivity index (χ1) is 14.1. The lowest BCUT2D eigenvalue weighted by Gasteiger charge is -2.32. The SMILES string of the molecule is CC1(C)OB(c2ccc(COC(=O)NCc3ccccc3C(=O)O)cc2)OC1(C)C. The zero-order valence-corrected chi connectivity index (χ0v) is 17.6. The van der Waals surface area contributed by atoms with Gasteiger partial charge in [0.05, 0.1) is 16.8 Å². The van der Waals surface area contributed by atoms with Gasteiger partial charge in [-0.2, -0.15) is 0 Å². The summed E-state index contributed by atoms with van der Waals surface area (Å²) in [5, 5.41) is 11.8. The van der Waals surface area contributed by atoms with E-state index in [9.17, 15) is 14.7 Å². The highest BCUT2D eigenvalue weighted by atomic mass is 16.7. The number of hydrogen-bond donors (Lipinski definition) is 2. The highest BCUT2D eigenvalue weighted by Crippen LogP contribution is 2.36. The van der Waals surface area contributed by atoms with Crippen molar-refractivity contribution in [2.45, 2.75) is 52.0 Å². The van der Waals surface area contributed by atoms with Gasteiger partial charge in [-0.1, -0.05) is 42.5 Å². The summed E-state index contributed by atoms with van der Waals surface area (Å²) < 4.78 is 17.3. The zero-order valence-electron chi connectivity index (χ0n) is 17.6. The predicted molar refractivity (Wildman–Crippen MR) is 113 cm³/mol. The number of benzene rings is 2. The summed E-state index contributed by atoms with van der Waals surface area (Å²) in [6.45, 7) is 8.18. The van der Waals surface area contributed by atoms with Crippen LogP contribution in [-0.4, -0.2) is 35.5 Å². The van der Waals surface area contributed by atoms with E-state index >= 15 is 0 Å². The molecule has 0 aliphatic carbocycles. The van der Waals surface area contributed by atoms with Crippen LogP contribution in [0.3, 0.4) is 0 Å². The molecule has 0 bridgehead atoms. The molecule has 2 N–H and O–H groups in total. The van der Waals surface area contributed by atoms with Crippen LogP contribution in [0.2, 0.25) is 0 Å². The van der Waals surface area contributed by atoms with Crippen molar-refractivity contribution in [2.24, 2.45) is 0 Å². The largest absolute Gasteiger partial charge is 0.494 e. The third kappa shape index (κ3) is 4.83. The number of carbonyl (C=O) groups excluding carboxylic acids is 1. The number of amides is 1. The fraction of sp³-hybridized carbons (Fsp3) is 0.364. The molecule has 1 saturated heterocycles. The predicted octanol–water partition coefficient (Wildman–Crippen LogP) is 3.11. The molecule has 8 heteroatoms. The Hall–Kier alpha value is -2.84. The summed E-state index contributed by atoms with van der Waals surface area (Å²) in [6.07, 6.45) is -0.620. The average Bonchev–Trinajstić information content (AvgIpc) is 2.92. The second-order valence-electron chi connectivity index (χ2n) is 8.22. The number of nitrogens with one attached hydrogen (secondary N) is 1. The molecule has 2 aromatic rings. The Morgan fingerprint density at radius 1 is 1.00 bits per heavy atom. The molecule has 0 atom stereocenters. The maximum atomic E-state index is 12.0. The Morgan fingerprint density at radius 2 is 1.60 bits per heavy atom. The number of alkyl carbamates (subject to hydrolysis) is 1. The van der Waals surface area contributed by atoms with Gasteiger partial charge in [0.25, 0.3) is 0 Å². The van der Waals surface area contributed by atoms with Crippen LogP contribution in [0, 0.1) is 0 Å². The van der Waals surface area contributed by atoms with Gasteiger partial charge < -0.3 is 24.5 Å². The van der Waals surface area contributed by atoms with Crippen molar-refractivity contribution in [1.82, 2.24) is 5.32 Å². The van der Waals surface area contributed by atoms with Gasteiger partial charge in [-0.05, 0) is 50.4 Å². The molecule has 1 amide bonds. The number of carboxylic acids is 1. The third-order valence-electron chi connectivity index (χ3n) is 5.55. The molecule has 30 heavy (non-hydrogen) atoms. The normalized spacial score (nSPS) is 16.9. The summed E-state index contributed by atoms with van der Waals surface area (Å²) in [5.41, 5.74) is 1.56. The van der Waals surface area contributed by atoms with E-state index in [2.05, 4.69) is 5.32 Å². The number of aromatic carboxylic acids is 1. The minimum Gasteiger partial charge on any atom is -0.478 e. The summed E-state index contributed by atoms with van der Waals surface area (Å²) in [7, 11) is -0.442. The molecule has 7 nitrogen and oxygen atoms in total. The fourth-order valence-electron chi connectivity index (χ4n) is 3.00. The van der Waals surface area contributed by atoms with Crippen LogP contribution in [-0.2, 0) is 27.2 Å². The van der Waals surface area contributed by atoms with Gasteiger partial charge in [0, 0.05) is 6.54 Å². The second-order valence-corrected chi connectivity index (χ2v) is 8.22. The van der Waals surface area contributed by atoms with Crippen molar-refractivity contribution in [3.05, 3.63) is 65.2 Å². The molecule has 0 unspecified atom stereocenters. The number of rotatable bonds is 6. The summed E-state index contributed by atoms with van der Waals surface area (Å²) >= 11 is 0. The van der Waals surface area contributed by atoms with Gasteiger partial charge in [0.1, 0.15) is 6.61 Å². The standard InChI is InChI=1S/C22H26BNO6/c1-21(2)22(3,4)30-23(29-21)17-11-9-15(10-12-17)14-28-20(27)24-13-16-7-5-6-8-18(16)19(25)26/h5-12H,13-14H2,1-4H3,(H,24,27)(H,25,26). The minimum absolute atomic E-state index is 0.0716. The van der Waals surface area contributed by atoms with Crippen molar-refractivity contribution in [1.29, 1.82) is 0 Å². The number of ether oxygens (including phenoxy) is 1. The highest BCUT2D eigenvalue weighted by molar-refractivity contribution is 6.62. The first-order valence-corrected chi connectivity index (χ1v) is 9.75. The Labute approximate surface area is 176 Å². The van der Waals surface area contributed by atoms with Crippen molar-refractivity contribution < 1.29 is 28.7 Å². The molecule has 0 aromatic heterocycles. The van der Waals surface area contributed by atoms with Crippen LogP contribution in [0.5, 0.6) is 0 Å². The molecular formula is C22H26BNO6. The first-order valence-electron chi connectivity index (χ1n) is 9.75. The Morgan fingerprint density at radius 3 is 2.20 bits per heavy atom. The molecular weight excluding hydrogens is 385 g/mol. The van der Waals surface area contributed by atoms with Crippen LogP contribution in [0.1, 0.15) is 49.2 Å². The topological polar surface area (TPSA) is 94.1 Å². The first kappa shape index (κ1) is 21.9. The van der Waals surface area contributed by atoms with Crippen LogP contribution in [0.15, 0.2) is 48.5 Å². The second kappa shape index (κ2) is 8.49. The molecule has 1 fully saturated rings. The van der Waals surface area contributed by atoms with Gasteiger partial charge in [-0.3, -0.25) is 0 Å². The van der Waals surface area contributed by atoms with Crippen LogP contribution in [0.25, 0.3) is 0 Å². The lowest BCUT2D eigenvalue weighted by Crippen LogP contribution is -2.41.